The molecule has 0 aliphatic carbocycles. The Bertz CT molecular complexity index is 975. The van der Waals surface area contributed by atoms with Gasteiger partial charge in [0.15, 0.2) is 5.01 Å². The number of nitro benzene ring substituents is 1. The zero-order valence-electron chi connectivity index (χ0n) is 11.8. The number of hydrogen-bond acceptors (Lipinski definition) is 8. The summed E-state index contributed by atoms with van der Waals surface area (Å²) in [7, 11) is 0. The van der Waals surface area contributed by atoms with Gasteiger partial charge < -0.3 is 9.47 Å². The van der Waals surface area contributed by atoms with E-state index in [2.05, 4.69) is 4.98 Å². The van der Waals surface area contributed by atoms with Crippen molar-refractivity contribution in [2.24, 2.45) is 0 Å². The number of nitro groups is 1. The van der Waals surface area contributed by atoms with Crippen LogP contribution >= 0.6 is 11.3 Å². The number of nitrogens with zero attached hydrogens (tertiary/aromatic N) is 3. The third-order valence-corrected chi connectivity index (χ3v) is 3.83. The molecule has 1 aromatic heterocycles. The first-order chi connectivity index (χ1) is 11.5. The number of benzene rings is 2. The SMILES string of the molecule is N#Cc1nc2ccc(OC(=O)Oc3ccc([N+](=O)[O-])cc3)cc2s1. The molecule has 0 aliphatic heterocycles. The highest BCUT2D eigenvalue weighted by Gasteiger charge is 2.12. The maximum atomic E-state index is 11.8. The summed E-state index contributed by atoms with van der Waals surface area (Å²) >= 11 is 1.18. The van der Waals surface area contributed by atoms with Crippen molar-refractivity contribution in [3.8, 4) is 17.6 Å². The number of ether oxygens (including phenoxy) is 2. The Hall–Kier alpha value is -3.51. The van der Waals surface area contributed by atoms with Crippen molar-refractivity contribution in [1.29, 1.82) is 5.26 Å². The number of non-ortho nitro benzene ring substituents is 1. The third kappa shape index (κ3) is 3.29. The molecule has 3 aromatic rings. The summed E-state index contributed by atoms with van der Waals surface area (Å²) in [5.74, 6) is 0.360. The first-order valence-corrected chi connectivity index (χ1v) is 7.31. The monoisotopic (exact) mass is 341 g/mol. The smallest absolute Gasteiger partial charge is 0.395 e. The fraction of sp³-hybridized carbons (Fsp3) is 0. The van der Waals surface area contributed by atoms with E-state index in [0.29, 0.717) is 15.2 Å². The van der Waals surface area contributed by atoms with E-state index in [1.807, 2.05) is 6.07 Å². The molecule has 0 bridgehead atoms. The fourth-order valence-electron chi connectivity index (χ4n) is 1.87. The van der Waals surface area contributed by atoms with E-state index in [9.17, 15) is 14.9 Å². The Morgan fingerprint density at radius 3 is 2.50 bits per heavy atom. The minimum absolute atomic E-state index is 0.111. The number of thiazole rings is 1. The Balaban J connectivity index is 1.70. The fourth-order valence-corrected chi connectivity index (χ4v) is 2.66. The molecule has 2 aromatic carbocycles. The standard InChI is InChI=1S/C15H7N3O5S/c16-8-14-17-12-6-5-11(7-13(12)24-14)23-15(19)22-10-3-1-9(2-4-10)18(20)21/h1-7H. The largest absolute Gasteiger partial charge is 0.519 e. The molecule has 0 radical (unpaired) electrons. The molecule has 24 heavy (non-hydrogen) atoms. The van der Waals surface area contributed by atoms with Crippen LogP contribution in [0.5, 0.6) is 11.5 Å². The van der Waals surface area contributed by atoms with Gasteiger partial charge in [-0.15, -0.1) is 11.3 Å². The zero-order valence-corrected chi connectivity index (χ0v) is 12.6. The predicted octanol–water partition coefficient (Wildman–Crippen LogP) is 3.65. The Labute approximate surface area is 138 Å². The van der Waals surface area contributed by atoms with Gasteiger partial charge in [-0.2, -0.15) is 5.26 Å². The number of carbonyl (C=O) groups is 1. The van der Waals surface area contributed by atoms with Crippen LogP contribution in [0.2, 0.25) is 0 Å². The molecule has 0 N–H and O–H groups in total. The van der Waals surface area contributed by atoms with E-state index in [4.69, 9.17) is 14.7 Å². The first kappa shape index (κ1) is 15.4. The lowest BCUT2D eigenvalue weighted by Gasteiger charge is -2.05. The number of hydrogen-bond donors (Lipinski definition) is 0. The number of fused-ring (bicyclic) bond motifs is 1. The number of carbonyl (C=O) groups excluding carboxylic acids is 1. The number of aromatic nitrogens is 1. The quantitative estimate of drug-likeness (QED) is 0.309. The topological polar surface area (TPSA) is 115 Å². The highest BCUT2D eigenvalue weighted by molar-refractivity contribution is 7.19. The summed E-state index contributed by atoms with van der Waals surface area (Å²) in [5.41, 5.74) is 0.521. The second-order valence-electron chi connectivity index (χ2n) is 4.47. The first-order valence-electron chi connectivity index (χ1n) is 6.50. The molecule has 0 atom stereocenters. The van der Waals surface area contributed by atoms with Gasteiger partial charge >= 0.3 is 6.16 Å². The summed E-state index contributed by atoms with van der Waals surface area (Å²) in [6.07, 6.45) is -0.978. The van der Waals surface area contributed by atoms with Gasteiger partial charge in [-0.25, -0.2) is 9.78 Å². The third-order valence-electron chi connectivity index (χ3n) is 2.91. The Kier molecular flexibility index (Phi) is 4.05. The van der Waals surface area contributed by atoms with Crippen molar-refractivity contribution >= 4 is 33.4 Å². The van der Waals surface area contributed by atoms with Gasteiger partial charge in [-0.1, -0.05) is 0 Å². The van der Waals surface area contributed by atoms with Crippen molar-refractivity contribution < 1.29 is 19.2 Å². The second kappa shape index (κ2) is 6.31. The van der Waals surface area contributed by atoms with Crippen LogP contribution in [0, 0.1) is 21.4 Å². The minimum atomic E-state index is -0.978. The predicted molar refractivity (Wildman–Crippen MR) is 84.1 cm³/mol. The second-order valence-corrected chi connectivity index (χ2v) is 5.50. The molecule has 8 nitrogen and oxygen atoms in total. The van der Waals surface area contributed by atoms with Gasteiger partial charge in [-0.3, -0.25) is 10.1 Å². The zero-order chi connectivity index (χ0) is 17.1. The van der Waals surface area contributed by atoms with Gasteiger partial charge in [0.25, 0.3) is 5.69 Å². The lowest BCUT2D eigenvalue weighted by atomic mass is 10.3. The van der Waals surface area contributed by atoms with E-state index in [1.54, 1.807) is 12.1 Å². The average Bonchev–Trinajstić information content (AvgIpc) is 2.97. The molecular formula is C15H7N3O5S. The molecule has 0 saturated heterocycles. The van der Waals surface area contributed by atoms with Crippen LogP contribution < -0.4 is 9.47 Å². The lowest BCUT2D eigenvalue weighted by molar-refractivity contribution is -0.384. The van der Waals surface area contributed by atoms with E-state index >= 15 is 0 Å². The van der Waals surface area contributed by atoms with Crippen LogP contribution in [0.3, 0.4) is 0 Å². The van der Waals surface area contributed by atoms with Gasteiger partial charge in [0, 0.05) is 18.2 Å². The van der Waals surface area contributed by atoms with Gasteiger partial charge in [0.05, 0.1) is 15.1 Å². The number of rotatable bonds is 3. The van der Waals surface area contributed by atoms with Gasteiger partial charge in [0.2, 0.25) is 0 Å². The van der Waals surface area contributed by atoms with E-state index in [0.717, 1.165) is 0 Å². The van der Waals surface area contributed by atoms with E-state index in [-0.39, 0.29) is 17.2 Å². The van der Waals surface area contributed by atoms with Crippen LogP contribution in [-0.4, -0.2) is 16.1 Å². The van der Waals surface area contributed by atoms with Gasteiger partial charge in [-0.05, 0) is 24.3 Å². The van der Waals surface area contributed by atoms with Crippen molar-refractivity contribution in [3.05, 3.63) is 57.6 Å². The summed E-state index contributed by atoms with van der Waals surface area (Å²) < 4.78 is 10.7. The molecule has 0 aliphatic rings. The Morgan fingerprint density at radius 1 is 1.17 bits per heavy atom. The Morgan fingerprint density at radius 2 is 1.83 bits per heavy atom. The van der Waals surface area contributed by atoms with E-state index < -0.39 is 11.1 Å². The molecule has 0 unspecified atom stereocenters. The van der Waals surface area contributed by atoms with Crippen molar-refractivity contribution in [2.75, 3.05) is 0 Å². The number of nitriles is 1. The molecule has 0 saturated carbocycles. The van der Waals surface area contributed by atoms with Crippen molar-refractivity contribution in [1.82, 2.24) is 4.98 Å². The molecular weight excluding hydrogens is 334 g/mol. The molecule has 0 amide bonds. The molecule has 0 fully saturated rings. The van der Waals surface area contributed by atoms with Crippen molar-refractivity contribution in [2.45, 2.75) is 0 Å². The summed E-state index contributed by atoms with van der Waals surface area (Å²) in [6, 6.07) is 11.7. The van der Waals surface area contributed by atoms with Crippen molar-refractivity contribution in [3.63, 3.8) is 0 Å². The van der Waals surface area contributed by atoms with Crippen LogP contribution in [0.4, 0.5) is 10.5 Å². The van der Waals surface area contributed by atoms with Crippen LogP contribution in [0.1, 0.15) is 5.01 Å². The highest BCUT2D eigenvalue weighted by atomic mass is 32.1. The highest BCUT2D eigenvalue weighted by Crippen LogP contribution is 2.26. The normalized spacial score (nSPS) is 10.1. The van der Waals surface area contributed by atoms with E-state index in [1.165, 1.54) is 41.7 Å². The van der Waals surface area contributed by atoms with Crippen LogP contribution in [-0.2, 0) is 0 Å². The summed E-state index contributed by atoms with van der Waals surface area (Å²) in [6.45, 7) is 0. The summed E-state index contributed by atoms with van der Waals surface area (Å²) in [4.78, 5) is 25.8. The minimum Gasteiger partial charge on any atom is -0.395 e. The van der Waals surface area contributed by atoms with Gasteiger partial charge in [0.1, 0.15) is 17.6 Å². The maximum Gasteiger partial charge on any atom is 0.519 e. The molecule has 118 valence electrons. The lowest BCUT2D eigenvalue weighted by Crippen LogP contribution is -2.13. The van der Waals surface area contributed by atoms with Crippen LogP contribution in [0.15, 0.2) is 42.5 Å². The summed E-state index contributed by atoms with van der Waals surface area (Å²) in [5, 5.41) is 19.7. The molecule has 0 spiro atoms. The molecule has 1 heterocycles. The average molecular weight is 341 g/mol. The van der Waals surface area contributed by atoms with Crippen LogP contribution in [0.25, 0.3) is 10.2 Å². The maximum absolute atomic E-state index is 11.8. The molecule has 9 heteroatoms. The molecule has 3 rings (SSSR count).